The van der Waals surface area contributed by atoms with E-state index in [9.17, 15) is 9.59 Å². The Morgan fingerprint density at radius 1 is 1.43 bits per heavy atom. The zero-order valence-electron chi connectivity index (χ0n) is 13.7. The number of hydrogen-bond donors (Lipinski definition) is 1. The minimum Gasteiger partial charge on any atom is -0.352 e. The average molecular weight is 333 g/mol. The van der Waals surface area contributed by atoms with Gasteiger partial charge in [-0.15, -0.1) is 11.3 Å². The van der Waals surface area contributed by atoms with Crippen molar-refractivity contribution in [1.82, 2.24) is 14.9 Å². The number of rotatable bonds is 4. The maximum absolute atomic E-state index is 12.5. The Hall–Kier alpha value is -1.69. The normalized spacial score (nSPS) is 21.5. The molecule has 6 heteroatoms. The molecule has 2 aromatic rings. The SMILES string of the molecule is CCc1cc2c(=O)n(CC(=O)N[C@@H]3CCCC[C@@H]3C)cnc2s1. The smallest absolute Gasteiger partial charge is 0.262 e. The molecule has 0 radical (unpaired) electrons. The van der Waals surface area contributed by atoms with E-state index in [-0.39, 0.29) is 24.1 Å². The van der Waals surface area contributed by atoms with Crippen LogP contribution in [0.1, 0.15) is 44.4 Å². The summed E-state index contributed by atoms with van der Waals surface area (Å²) in [5.41, 5.74) is -0.127. The second kappa shape index (κ2) is 6.83. The van der Waals surface area contributed by atoms with Crippen molar-refractivity contribution < 1.29 is 4.79 Å². The van der Waals surface area contributed by atoms with Crippen molar-refractivity contribution in [3.8, 4) is 0 Å². The summed E-state index contributed by atoms with van der Waals surface area (Å²) in [6.07, 6.45) is 6.98. The third-order valence-corrected chi connectivity index (χ3v) is 5.88. The second-order valence-electron chi connectivity index (χ2n) is 6.40. The fourth-order valence-electron chi connectivity index (χ4n) is 3.23. The van der Waals surface area contributed by atoms with Crippen molar-refractivity contribution in [3.05, 3.63) is 27.6 Å². The quantitative estimate of drug-likeness (QED) is 0.935. The number of aromatic nitrogens is 2. The van der Waals surface area contributed by atoms with Gasteiger partial charge in [-0.1, -0.05) is 26.7 Å². The first-order valence-electron chi connectivity index (χ1n) is 8.35. The summed E-state index contributed by atoms with van der Waals surface area (Å²) < 4.78 is 1.41. The van der Waals surface area contributed by atoms with E-state index in [1.54, 1.807) is 11.3 Å². The summed E-state index contributed by atoms with van der Waals surface area (Å²) in [5, 5.41) is 3.70. The molecular weight excluding hydrogens is 310 g/mol. The number of carbonyl (C=O) groups is 1. The van der Waals surface area contributed by atoms with E-state index in [2.05, 4.69) is 24.1 Å². The van der Waals surface area contributed by atoms with Crippen LogP contribution in [0.15, 0.2) is 17.2 Å². The second-order valence-corrected chi connectivity index (χ2v) is 7.51. The number of carbonyl (C=O) groups excluding carboxylic acids is 1. The molecule has 3 rings (SSSR count). The van der Waals surface area contributed by atoms with Crippen molar-refractivity contribution >= 4 is 27.5 Å². The summed E-state index contributed by atoms with van der Waals surface area (Å²) in [6, 6.07) is 2.13. The van der Waals surface area contributed by atoms with E-state index in [0.29, 0.717) is 11.3 Å². The summed E-state index contributed by atoms with van der Waals surface area (Å²) in [6.45, 7) is 4.28. The lowest BCUT2D eigenvalue weighted by molar-refractivity contribution is -0.123. The fourth-order valence-corrected chi connectivity index (χ4v) is 4.16. The van der Waals surface area contributed by atoms with E-state index in [1.165, 1.54) is 17.3 Å². The van der Waals surface area contributed by atoms with Crippen LogP contribution in [-0.2, 0) is 17.8 Å². The van der Waals surface area contributed by atoms with Crippen LogP contribution in [0.3, 0.4) is 0 Å². The molecule has 1 aliphatic carbocycles. The molecule has 5 nitrogen and oxygen atoms in total. The number of nitrogens with one attached hydrogen (secondary N) is 1. The van der Waals surface area contributed by atoms with Gasteiger partial charge in [-0.25, -0.2) is 4.98 Å². The molecule has 1 aliphatic rings. The first kappa shape index (κ1) is 16.2. The van der Waals surface area contributed by atoms with Crippen LogP contribution in [0.4, 0.5) is 0 Å². The topological polar surface area (TPSA) is 64.0 Å². The summed E-state index contributed by atoms with van der Waals surface area (Å²) >= 11 is 1.54. The van der Waals surface area contributed by atoms with Gasteiger partial charge in [0.25, 0.3) is 5.56 Å². The average Bonchev–Trinajstić information content (AvgIpc) is 2.96. The molecule has 0 unspecified atom stereocenters. The minimum atomic E-state index is -0.127. The van der Waals surface area contributed by atoms with Gasteiger partial charge >= 0.3 is 0 Å². The number of amides is 1. The number of hydrogen-bond acceptors (Lipinski definition) is 4. The van der Waals surface area contributed by atoms with E-state index in [1.807, 2.05) is 6.07 Å². The molecule has 2 heterocycles. The van der Waals surface area contributed by atoms with Gasteiger partial charge in [0.2, 0.25) is 5.91 Å². The summed E-state index contributed by atoms with van der Waals surface area (Å²) in [4.78, 5) is 31.0. The van der Waals surface area contributed by atoms with E-state index in [0.717, 1.165) is 35.4 Å². The molecule has 0 saturated heterocycles. The molecule has 0 aromatic carbocycles. The van der Waals surface area contributed by atoms with Crippen LogP contribution in [0.25, 0.3) is 10.2 Å². The zero-order chi connectivity index (χ0) is 16.4. The Morgan fingerprint density at radius 2 is 2.22 bits per heavy atom. The van der Waals surface area contributed by atoms with Crippen molar-refractivity contribution in [2.24, 2.45) is 5.92 Å². The molecule has 1 N–H and O–H groups in total. The highest BCUT2D eigenvalue weighted by Gasteiger charge is 2.23. The Kier molecular flexibility index (Phi) is 4.80. The van der Waals surface area contributed by atoms with Crippen molar-refractivity contribution in [1.29, 1.82) is 0 Å². The zero-order valence-corrected chi connectivity index (χ0v) is 14.5. The third kappa shape index (κ3) is 3.47. The fraction of sp³-hybridized carbons (Fsp3) is 0.588. The number of thiophene rings is 1. The van der Waals surface area contributed by atoms with Gasteiger partial charge in [-0.2, -0.15) is 0 Å². The molecule has 23 heavy (non-hydrogen) atoms. The number of nitrogens with zero attached hydrogens (tertiary/aromatic N) is 2. The summed E-state index contributed by atoms with van der Waals surface area (Å²) in [7, 11) is 0. The van der Waals surface area contributed by atoms with Gasteiger partial charge in [-0.3, -0.25) is 14.2 Å². The van der Waals surface area contributed by atoms with Gasteiger partial charge in [0.05, 0.1) is 11.7 Å². The molecule has 1 amide bonds. The number of aryl methyl sites for hydroxylation is 1. The van der Waals surface area contributed by atoms with Crippen molar-refractivity contribution in [2.75, 3.05) is 0 Å². The molecule has 0 spiro atoms. The third-order valence-electron chi connectivity index (χ3n) is 4.69. The Morgan fingerprint density at radius 3 is 2.96 bits per heavy atom. The van der Waals surface area contributed by atoms with Crippen molar-refractivity contribution in [2.45, 2.75) is 58.5 Å². The lowest BCUT2D eigenvalue weighted by atomic mass is 9.86. The highest BCUT2D eigenvalue weighted by atomic mass is 32.1. The highest BCUT2D eigenvalue weighted by Crippen LogP contribution is 2.24. The van der Waals surface area contributed by atoms with Gasteiger partial charge in [0.15, 0.2) is 0 Å². The van der Waals surface area contributed by atoms with Crippen LogP contribution >= 0.6 is 11.3 Å². The van der Waals surface area contributed by atoms with Gasteiger partial charge < -0.3 is 5.32 Å². The molecule has 0 aliphatic heterocycles. The molecule has 2 aromatic heterocycles. The van der Waals surface area contributed by atoms with Gasteiger partial charge in [0.1, 0.15) is 11.4 Å². The monoisotopic (exact) mass is 333 g/mol. The molecule has 0 bridgehead atoms. The Balaban J connectivity index is 1.74. The predicted molar refractivity (Wildman–Crippen MR) is 92.8 cm³/mol. The lowest BCUT2D eigenvalue weighted by Crippen LogP contribution is -2.43. The Bertz CT molecular complexity index is 765. The lowest BCUT2D eigenvalue weighted by Gasteiger charge is -2.29. The van der Waals surface area contributed by atoms with Crippen LogP contribution in [0, 0.1) is 5.92 Å². The first-order valence-corrected chi connectivity index (χ1v) is 9.17. The summed E-state index contributed by atoms with van der Waals surface area (Å²) in [5.74, 6) is 0.409. The maximum Gasteiger partial charge on any atom is 0.262 e. The van der Waals surface area contributed by atoms with Gasteiger partial charge in [-0.05, 0) is 31.2 Å². The highest BCUT2D eigenvalue weighted by molar-refractivity contribution is 7.18. The van der Waals surface area contributed by atoms with Crippen LogP contribution in [-0.4, -0.2) is 21.5 Å². The van der Waals surface area contributed by atoms with Crippen LogP contribution in [0.2, 0.25) is 0 Å². The molecule has 1 saturated carbocycles. The van der Waals surface area contributed by atoms with Crippen molar-refractivity contribution in [3.63, 3.8) is 0 Å². The van der Waals surface area contributed by atoms with E-state index in [4.69, 9.17) is 0 Å². The standard InChI is InChI=1S/C17H23N3O2S/c1-3-12-8-13-16(23-12)18-10-20(17(13)22)9-15(21)19-14-7-5-4-6-11(14)2/h8,10-11,14H,3-7,9H2,1-2H3,(H,19,21)/t11-,14+/m0/s1. The van der Waals surface area contributed by atoms with E-state index >= 15 is 0 Å². The molecule has 1 fully saturated rings. The van der Waals surface area contributed by atoms with Crippen LogP contribution < -0.4 is 10.9 Å². The Labute approximate surface area is 139 Å². The molecular formula is C17H23N3O2S. The predicted octanol–water partition coefficient (Wildman–Crippen LogP) is 2.72. The first-order chi connectivity index (χ1) is 11.1. The molecule has 124 valence electrons. The van der Waals surface area contributed by atoms with Gasteiger partial charge in [0, 0.05) is 10.9 Å². The maximum atomic E-state index is 12.5. The van der Waals surface area contributed by atoms with E-state index < -0.39 is 0 Å². The largest absolute Gasteiger partial charge is 0.352 e. The molecule has 2 atom stereocenters. The minimum absolute atomic E-state index is 0.0439. The van der Waals surface area contributed by atoms with Crippen LogP contribution in [0.5, 0.6) is 0 Å². The number of fused-ring (bicyclic) bond motifs is 1.